The van der Waals surface area contributed by atoms with E-state index in [1.807, 2.05) is 91.0 Å². The third-order valence-electron chi connectivity index (χ3n) is 6.62. The molecule has 0 radical (unpaired) electrons. The Bertz CT molecular complexity index is 1370. The second-order valence-electron chi connectivity index (χ2n) is 9.29. The lowest BCUT2D eigenvalue weighted by Gasteiger charge is -2.26. The van der Waals surface area contributed by atoms with Gasteiger partial charge in [0.2, 0.25) is 11.8 Å². The molecule has 0 spiro atoms. The van der Waals surface area contributed by atoms with Crippen LogP contribution in [-0.4, -0.2) is 24.1 Å². The molecule has 202 valence electrons. The fourth-order valence-electron chi connectivity index (χ4n) is 4.58. The van der Waals surface area contributed by atoms with Crippen LogP contribution in [0.1, 0.15) is 44.1 Å². The number of para-hydroxylation sites is 2. The summed E-state index contributed by atoms with van der Waals surface area (Å²) >= 11 is 0. The van der Waals surface area contributed by atoms with Crippen LogP contribution in [-0.2, 0) is 16.1 Å². The van der Waals surface area contributed by atoms with Crippen molar-refractivity contribution in [3.8, 4) is 28.4 Å². The molecule has 0 saturated carbocycles. The summed E-state index contributed by atoms with van der Waals surface area (Å²) in [6, 6.07) is 29.4. The number of unbranched alkanes of at least 4 members (excludes halogenated alkanes) is 3. The van der Waals surface area contributed by atoms with Crippen LogP contribution in [0.5, 0.6) is 5.75 Å². The van der Waals surface area contributed by atoms with Gasteiger partial charge in [-0.05, 0) is 42.7 Å². The highest BCUT2D eigenvalue weighted by Gasteiger charge is 2.21. The van der Waals surface area contributed by atoms with E-state index < -0.39 is 0 Å². The first-order chi connectivity index (χ1) is 19.1. The van der Waals surface area contributed by atoms with E-state index >= 15 is 0 Å². The Hall–Kier alpha value is -4.36. The van der Waals surface area contributed by atoms with Gasteiger partial charge in [0.1, 0.15) is 17.3 Å². The van der Waals surface area contributed by atoms with Gasteiger partial charge in [-0.2, -0.15) is 0 Å². The first-order valence-corrected chi connectivity index (χ1v) is 13.2. The zero-order valence-corrected chi connectivity index (χ0v) is 22.1. The first kappa shape index (κ1) is 27.7. The minimum absolute atomic E-state index is 0.00757. The summed E-state index contributed by atoms with van der Waals surface area (Å²) < 4.78 is 11.8. The first-order valence-electron chi connectivity index (χ1n) is 13.2. The summed E-state index contributed by atoms with van der Waals surface area (Å²) in [5, 5.41) is 8.62. The van der Waals surface area contributed by atoms with Gasteiger partial charge in [0, 0.05) is 24.0 Å². The van der Waals surface area contributed by atoms with Crippen molar-refractivity contribution in [2.24, 2.45) is 0 Å². The van der Waals surface area contributed by atoms with Crippen molar-refractivity contribution in [3.05, 3.63) is 96.6 Å². The monoisotopic (exact) mass is 526 g/mol. The molecule has 1 heterocycles. The number of hydrogen-bond donors (Lipinski definition) is 2. The topological polar surface area (TPSA) is 92.0 Å². The van der Waals surface area contributed by atoms with E-state index in [0.717, 1.165) is 41.1 Å². The number of rotatable bonds is 13. The number of hydrogen-bond acceptors (Lipinski definition) is 5. The number of nitrogens with one attached hydrogen (secondary N) is 1. The molecule has 0 aliphatic carbocycles. The van der Waals surface area contributed by atoms with Crippen molar-refractivity contribution < 1.29 is 24.0 Å². The van der Waals surface area contributed by atoms with Crippen molar-refractivity contribution in [1.82, 2.24) is 5.48 Å². The van der Waals surface area contributed by atoms with Gasteiger partial charge in [0.05, 0.1) is 19.3 Å². The minimum atomic E-state index is -0.389. The average molecular weight is 527 g/mol. The SMILES string of the molecule is COc1ccccc1N(Cc1ccccc1-c1ccc(-c2ccccc2)o1)C(=O)CCCCCCC(=O)NO. The summed E-state index contributed by atoms with van der Waals surface area (Å²) in [5.74, 6) is 1.76. The number of nitrogens with zero attached hydrogens (tertiary/aromatic N) is 1. The lowest BCUT2D eigenvalue weighted by atomic mass is 10.0. The molecule has 4 aromatic rings. The van der Waals surface area contributed by atoms with E-state index in [9.17, 15) is 9.59 Å². The lowest BCUT2D eigenvalue weighted by Crippen LogP contribution is -2.30. The van der Waals surface area contributed by atoms with Crippen LogP contribution in [0, 0.1) is 0 Å². The van der Waals surface area contributed by atoms with Crippen LogP contribution in [0.4, 0.5) is 5.69 Å². The van der Waals surface area contributed by atoms with Gasteiger partial charge in [-0.1, -0.05) is 79.6 Å². The van der Waals surface area contributed by atoms with Gasteiger partial charge in [-0.3, -0.25) is 14.8 Å². The Labute approximate surface area is 229 Å². The van der Waals surface area contributed by atoms with Crippen LogP contribution in [0.3, 0.4) is 0 Å². The number of carbonyl (C=O) groups excluding carboxylic acids is 2. The van der Waals surface area contributed by atoms with E-state index in [1.54, 1.807) is 17.5 Å². The maximum Gasteiger partial charge on any atom is 0.243 e. The van der Waals surface area contributed by atoms with Gasteiger partial charge in [0.15, 0.2) is 0 Å². The Morgan fingerprint density at radius 2 is 1.46 bits per heavy atom. The molecule has 3 aromatic carbocycles. The normalized spacial score (nSPS) is 10.7. The number of anilines is 1. The molecule has 4 rings (SSSR count). The van der Waals surface area contributed by atoms with Crippen LogP contribution in [0.25, 0.3) is 22.6 Å². The second-order valence-corrected chi connectivity index (χ2v) is 9.29. The lowest BCUT2D eigenvalue weighted by molar-refractivity contribution is -0.129. The summed E-state index contributed by atoms with van der Waals surface area (Å²) in [4.78, 5) is 26.6. The minimum Gasteiger partial charge on any atom is -0.495 e. The molecular formula is C32H34N2O5. The molecule has 7 heteroatoms. The smallest absolute Gasteiger partial charge is 0.243 e. The zero-order chi connectivity index (χ0) is 27.5. The molecule has 2 amide bonds. The number of ether oxygens (including phenoxy) is 1. The molecule has 0 fully saturated rings. The van der Waals surface area contributed by atoms with E-state index in [4.69, 9.17) is 14.4 Å². The molecule has 0 aliphatic rings. The molecule has 0 atom stereocenters. The fourth-order valence-corrected chi connectivity index (χ4v) is 4.58. The summed E-state index contributed by atoms with van der Waals surface area (Å²) in [7, 11) is 1.60. The highest BCUT2D eigenvalue weighted by Crippen LogP contribution is 2.34. The van der Waals surface area contributed by atoms with Gasteiger partial charge in [-0.25, -0.2) is 5.48 Å². The molecule has 39 heavy (non-hydrogen) atoms. The fraction of sp³-hybridized carbons (Fsp3) is 0.250. The number of carbonyl (C=O) groups is 2. The van der Waals surface area contributed by atoms with E-state index in [-0.39, 0.29) is 18.2 Å². The Morgan fingerprint density at radius 3 is 2.23 bits per heavy atom. The number of furan rings is 1. The molecular weight excluding hydrogens is 492 g/mol. The second kappa shape index (κ2) is 14.0. The maximum absolute atomic E-state index is 13.6. The standard InChI is InChI=1S/C32H34N2O5/c1-38-30-18-12-11-17-27(30)34(32(36)20-8-3-2-7-19-31(35)33-37)23-25-15-9-10-16-26(25)29-22-21-28(39-29)24-13-5-4-6-14-24/h4-6,9-18,21-22,37H,2-3,7-8,19-20,23H2,1H3,(H,33,35). The van der Waals surface area contributed by atoms with Crippen molar-refractivity contribution >= 4 is 17.5 Å². The molecule has 0 bridgehead atoms. The van der Waals surface area contributed by atoms with Crippen molar-refractivity contribution in [1.29, 1.82) is 0 Å². The molecule has 0 saturated heterocycles. The van der Waals surface area contributed by atoms with Crippen LogP contribution in [0.2, 0.25) is 0 Å². The molecule has 7 nitrogen and oxygen atoms in total. The summed E-state index contributed by atoms with van der Waals surface area (Å²) in [6.07, 6.45) is 3.62. The highest BCUT2D eigenvalue weighted by atomic mass is 16.5. The van der Waals surface area contributed by atoms with Crippen molar-refractivity contribution in [2.75, 3.05) is 12.0 Å². The van der Waals surface area contributed by atoms with Gasteiger partial charge >= 0.3 is 0 Å². The Morgan fingerprint density at radius 1 is 0.795 bits per heavy atom. The summed E-state index contributed by atoms with van der Waals surface area (Å²) in [6.45, 7) is 0.355. The van der Waals surface area contributed by atoms with Gasteiger partial charge in [0.25, 0.3) is 0 Å². The van der Waals surface area contributed by atoms with Crippen LogP contribution < -0.4 is 15.1 Å². The number of hydroxylamine groups is 1. The van der Waals surface area contributed by atoms with Crippen LogP contribution >= 0.6 is 0 Å². The van der Waals surface area contributed by atoms with E-state index in [1.165, 1.54) is 0 Å². The Balaban J connectivity index is 1.54. The Kier molecular flexibility index (Phi) is 9.92. The quantitative estimate of drug-likeness (QED) is 0.111. The van der Waals surface area contributed by atoms with Crippen molar-refractivity contribution in [3.63, 3.8) is 0 Å². The van der Waals surface area contributed by atoms with E-state index in [2.05, 4.69) is 0 Å². The highest BCUT2D eigenvalue weighted by molar-refractivity contribution is 5.95. The molecule has 2 N–H and O–H groups in total. The van der Waals surface area contributed by atoms with E-state index in [0.29, 0.717) is 37.2 Å². The van der Waals surface area contributed by atoms with Crippen molar-refractivity contribution in [2.45, 2.75) is 45.1 Å². The average Bonchev–Trinajstić information content (AvgIpc) is 3.48. The zero-order valence-electron chi connectivity index (χ0n) is 22.1. The third-order valence-corrected chi connectivity index (χ3v) is 6.62. The third kappa shape index (κ3) is 7.36. The largest absolute Gasteiger partial charge is 0.495 e. The number of methoxy groups -OCH3 is 1. The number of amides is 2. The molecule has 0 aliphatic heterocycles. The predicted molar refractivity (Wildman–Crippen MR) is 151 cm³/mol. The van der Waals surface area contributed by atoms with Crippen LogP contribution in [0.15, 0.2) is 95.4 Å². The molecule has 1 aromatic heterocycles. The van der Waals surface area contributed by atoms with Gasteiger partial charge < -0.3 is 14.1 Å². The number of benzene rings is 3. The van der Waals surface area contributed by atoms with Gasteiger partial charge in [-0.15, -0.1) is 0 Å². The summed E-state index contributed by atoms with van der Waals surface area (Å²) in [5.41, 5.74) is 5.25. The maximum atomic E-state index is 13.6. The predicted octanol–water partition coefficient (Wildman–Crippen LogP) is 7.00. The molecule has 0 unspecified atom stereocenters.